The molecule has 0 aliphatic carbocycles. The fraction of sp³-hybridized carbons (Fsp3) is 0.111. The lowest BCUT2D eigenvalue weighted by atomic mass is 10.1. The maximum atomic E-state index is 12.2. The molecular weight excluding hydrogens is 338 g/mol. The number of hydrogen-bond donors (Lipinski definition) is 1. The zero-order chi connectivity index (χ0) is 18.4. The second-order valence-corrected chi connectivity index (χ2v) is 5.90. The second-order valence-electron chi connectivity index (χ2n) is 5.90. The highest BCUT2D eigenvalue weighted by Crippen LogP contribution is 2.30. The summed E-state index contributed by atoms with van der Waals surface area (Å²) < 4.78 is 5.72. The molecule has 1 aromatic heterocycles. The summed E-state index contributed by atoms with van der Waals surface area (Å²) in [5, 5.41) is 4.38. The maximum Gasteiger partial charge on any atom is 0.334 e. The minimum absolute atomic E-state index is 0.493. The van der Waals surface area contributed by atoms with Crippen molar-refractivity contribution in [1.29, 1.82) is 0 Å². The molecule has 2 aromatic carbocycles. The topological polar surface area (TPSA) is 99.9 Å². The summed E-state index contributed by atoms with van der Waals surface area (Å²) in [4.78, 5) is 48.5. The van der Waals surface area contributed by atoms with Crippen LogP contribution < -0.4 is 5.32 Å². The molecule has 5 amide bonds. The van der Waals surface area contributed by atoms with Crippen LogP contribution >= 0.6 is 0 Å². The van der Waals surface area contributed by atoms with Gasteiger partial charge in [-0.1, -0.05) is 18.2 Å². The first-order chi connectivity index (χ1) is 12.5. The van der Waals surface area contributed by atoms with Crippen molar-refractivity contribution in [2.24, 2.45) is 0 Å². The highest BCUT2D eigenvalue weighted by molar-refractivity contribution is 6.44. The van der Waals surface area contributed by atoms with Gasteiger partial charge in [-0.05, 0) is 24.3 Å². The highest BCUT2D eigenvalue weighted by Gasteiger charge is 2.42. The fourth-order valence-corrected chi connectivity index (χ4v) is 2.90. The quantitative estimate of drug-likeness (QED) is 0.574. The van der Waals surface area contributed by atoms with Crippen LogP contribution in [0, 0.1) is 0 Å². The molecule has 1 N–H and O–H groups in total. The van der Waals surface area contributed by atoms with Crippen molar-refractivity contribution >= 4 is 51.4 Å². The Hall–Kier alpha value is -3.68. The Kier molecular flexibility index (Phi) is 3.47. The van der Waals surface area contributed by atoms with Crippen LogP contribution in [0.3, 0.4) is 0 Å². The molecule has 1 aliphatic heterocycles. The zero-order valence-corrected chi connectivity index (χ0v) is 13.7. The molecular formula is C18H13N3O5. The van der Waals surface area contributed by atoms with Crippen molar-refractivity contribution in [3.63, 3.8) is 0 Å². The number of imide groups is 2. The molecule has 3 aromatic rings. The van der Waals surface area contributed by atoms with Crippen molar-refractivity contribution in [3.05, 3.63) is 42.5 Å². The van der Waals surface area contributed by atoms with Crippen LogP contribution in [0.4, 0.5) is 10.5 Å². The van der Waals surface area contributed by atoms with Crippen molar-refractivity contribution < 1.29 is 23.6 Å². The molecule has 0 atom stereocenters. The molecule has 1 aliphatic rings. The van der Waals surface area contributed by atoms with Gasteiger partial charge in [-0.3, -0.25) is 19.3 Å². The summed E-state index contributed by atoms with van der Waals surface area (Å²) >= 11 is 0. The second kappa shape index (κ2) is 5.69. The summed E-state index contributed by atoms with van der Waals surface area (Å²) in [7, 11) is 1.19. The lowest BCUT2D eigenvalue weighted by Gasteiger charge is -2.12. The van der Waals surface area contributed by atoms with E-state index in [0.29, 0.717) is 21.1 Å². The smallest absolute Gasteiger partial charge is 0.334 e. The van der Waals surface area contributed by atoms with Gasteiger partial charge < -0.3 is 9.73 Å². The van der Waals surface area contributed by atoms with Gasteiger partial charge >= 0.3 is 17.8 Å². The van der Waals surface area contributed by atoms with Crippen molar-refractivity contribution in [1.82, 2.24) is 9.80 Å². The van der Waals surface area contributed by atoms with Gasteiger partial charge in [0.15, 0.2) is 0 Å². The predicted molar refractivity (Wildman–Crippen MR) is 92.2 cm³/mol. The number of carbonyl (C=O) groups excluding carboxylic acids is 4. The normalized spacial score (nSPS) is 14.7. The van der Waals surface area contributed by atoms with E-state index in [1.54, 1.807) is 18.2 Å². The van der Waals surface area contributed by atoms with E-state index < -0.39 is 30.3 Å². The summed E-state index contributed by atoms with van der Waals surface area (Å²) in [5.41, 5.74) is 1.91. The SMILES string of the molecule is CN1C(=O)C(=O)N(CC(=O)Nc2ccc3oc4ccccc4c3c2)C1=O. The molecule has 4 rings (SSSR count). The Labute approximate surface area is 146 Å². The van der Waals surface area contributed by atoms with E-state index in [4.69, 9.17) is 4.42 Å². The Morgan fingerprint density at radius 2 is 1.73 bits per heavy atom. The molecule has 130 valence electrons. The lowest BCUT2D eigenvalue weighted by molar-refractivity contribution is -0.143. The van der Waals surface area contributed by atoms with Crippen molar-refractivity contribution in [3.8, 4) is 0 Å². The number of hydrogen-bond acceptors (Lipinski definition) is 5. The minimum Gasteiger partial charge on any atom is -0.456 e. The van der Waals surface area contributed by atoms with E-state index in [-0.39, 0.29) is 0 Å². The van der Waals surface area contributed by atoms with Crippen LogP contribution in [0.25, 0.3) is 21.9 Å². The first kappa shape index (κ1) is 15.8. The monoisotopic (exact) mass is 351 g/mol. The van der Waals surface area contributed by atoms with Crippen LogP contribution in [0.15, 0.2) is 46.9 Å². The van der Waals surface area contributed by atoms with E-state index in [0.717, 1.165) is 16.4 Å². The Morgan fingerprint density at radius 1 is 1.00 bits per heavy atom. The number of benzene rings is 2. The van der Waals surface area contributed by atoms with E-state index in [9.17, 15) is 19.2 Å². The van der Waals surface area contributed by atoms with Gasteiger partial charge in [0.05, 0.1) is 0 Å². The van der Waals surface area contributed by atoms with E-state index in [1.165, 1.54) is 7.05 Å². The van der Waals surface area contributed by atoms with Crippen LogP contribution in [-0.2, 0) is 14.4 Å². The molecule has 0 bridgehead atoms. The van der Waals surface area contributed by atoms with Gasteiger partial charge in [0.25, 0.3) is 0 Å². The molecule has 8 nitrogen and oxygen atoms in total. The summed E-state index contributed by atoms with van der Waals surface area (Å²) in [6, 6.07) is 11.9. The molecule has 0 radical (unpaired) electrons. The molecule has 0 saturated carbocycles. The maximum absolute atomic E-state index is 12.2. The number of nitrogens with zero attached hydrogens (tertiary/aromatic N) is 2. The Morgan fingerprint density at radius 3 is 2.46 bits per heavy atom. The number of anilines is 1. The molecule has 1 saturated heterocycles. The minimum atomic E-state index is -1.01. The zero-order valence-electron chi connectivity index (χ0n) is 13.7. The number of fused-ring (bicyclic) bond motifs is 3. The van der Waals surface area contributed by atoms with Crippen LogP contribution in [0.2, 0.25) is 0 Å². The Bertz CT molecular complexity index is 1100. The summed E-state index contributed by atoms with van der Waals surface area (Å²) in [5.74, 6) is -2.54. The van der Waals surface area contributed by atoms with Gasteiger partial charge in [-0.25, -0.2) is 9.69 Å². The number of carbonyl (C=O) groups is 4. The highest BCUT2D eigenvalue weighted by atomic mass is 16.3. The third-order valence-electron chi connectivity index (χ3n) is 4.21. The van der Waals surface area contributed by atoms with Crippen molar-refractivity contribution in [2.75, 3.05) is 18.9 Å². The fourth-order valence-electron chi connectivity index (χ4n) is 2.90. The van der Waals surface area contributed by atoms with E-state index in [1.807, 2.05) is 24.3 Å². The van der Waals surface area contributed by atoms with Crippen LogP contribution in [0.5, 0.6) is 0 Å². The molecule has 0 unspecified atom stereocenters. The van der Waals surface area contributed by atoms with Gasteiger partial charge in [-0.2, -0.15) is 0 Å². The molecule has 1 fully saturated rings. The first-order valence-corrected chi connectivity index (χ1v) is 7.80. The molecule has 8 heteroatoms. The molecule has 0 spiro atoms. The number of amides is 5. The van der Waals surface area contributed by atoms with Crippen LogP contribution in [-0.4, -0.2) is 47.1 Å². The largest absolute Gasteiger partial charge is 0.456 e. The summed E-state index contributed by atoms with van der Waals surface area (Å²) in [6.45, 7) is -0.530. The van der Waals surface area contributed by atoms with Gasteiger partial charge in [-0.15, -0.1) is 0 Å². The first-order valence-electron chi connectivity index (χ1n) is 7.80. The predicted octanol–water partition coefficient (Wildman–Crippen LogP) is 1.95. The number of nitrogens with one attached hydrogen (secondary N) is 1. The standard InChI is InChI=1S/C18H13N3O5/c1-20-16(23)17(24)21(18(20)25)9-15(22)19-10-6-7-14-12(8-10)11-4-2-3-5-13(11)26-14/h2-8H,9H2,1H3,(H,19,22). The average Bonchev–Trinajstić information content (AvgIpc) is 3.09. The van der Waals surface area contributed by atoms with Gasteiger partial charge in [0.2, 0.25) is 5.91 Å². The number of likely N-dealkylation sites (N-methyl/N-ethyl adjacent to an activating group) is 1. The van der Waals surface area contributed by atoms with E-state index >= 15 is 0 Å². The lowest BCUT2D eigenvalue weighted by Crippen LogP contribution is -2.38. The van der Waals surface area contributed by atoms with Crippen LogP contribution in [0.1, 0.15) is 0 Å². The average molecular weight is 351 g/mol. The number of furan rings is 1. The number of rotatable bonds is 3. The van der Waals surface area contributed by atoms with Gasteiger partial charge in [0, 0.05) is 23.5 Å². The molecule has 26 heavy (non-hydrogen) atoms. The number of para-hydroxylation sites is 1. The van der Waals surface area contributed by atoms with Gasteiger partial charge in [0.1, 0.15) is 17.7 Å². The van der Waals surface area contributed by atoms with Crippen molar-refractivity contribution in [2.45, 2.75) is 0 Å². The third kappa shape index (κ3) is 2.39. The summed E-state index contributed by atoms with van der Waals surface area (Å²) in [6.07, 6.45) is 0. The number of urea groups is 1. The Balaban J connectivity index is 1.56. The molecule has 2 heterocycles. The van der Waals surface area contributed by atoms with E-state index in [2.05, 4.69) is 5.32 Å². The third-order valence-corrected chi connectivity index (χ3v) is 4.21.